The topological polar surface area (TPSA) is 67.6 Å². The van der Waals surface area contributed by atoms with Crippen LogP contribution in [-0.2, 0) is 6.42 Å². The molecule has 16 heavy (non-hydrogen) atoms. The third-order valence-electron chi connectivity index (χ3n) is 2.26. The molecule has 3 N–H and O–H groups in total. The van der Waals surface area contributed by atoms with Gasteiger partial charge in [0.25, 0.3) is 0 Å². The number of aromatic amines is 1. The molecule has 1 aromatic carbocycles. The molecule has 0 saturated carbocycles. The van der Waals surface area contributed by atoms with E-state index >= 15 is 0 Å². The normalized spacial score (nSPS) is 12.7. The highest BCUT2D eigenvalue weighted by atomic mass is 35.5. The molecule has 0 fully saturated rings. The van der Waals surface area contributed by atoms with Crippen molar-refractivity contribution in [3.8, 4) is 0 Å². The van der Waals surface area contributed by atoms with E-state index in [1.807, 2.05) is 0 Å². The SMILES string of the molecule is NC(Cc1cc(F)ccc1Cl)c1cn[nH]n1. The van der Waals surface area contributed by atoms with Crippen molar-refractivity contribution in [2.24, 2.45) is 5.73 Å². The van der Waals surface area contributed by atoms with Crippen LogP contribution in [0.2, 0.25) is 5.02 Å². The van der Waals surface area contributed by atoms with Crippen molar-refractivity contribution < 1.29 is 4.39 Å². The average molecular weight is 241 g/mol. The summed E-state index contributed by atoms with van der Waals surface area (Å²) in [7, 11) is 0. The first kappa shape index (κ1) is 11.0. The third kappa shape index (κ3) is 2.37. The maximum absolute atomic E-state index is 13.0. The van der Waals surface area contributed by atoms with Crippen LogP contribution in [0.4, 0.5) is 4.39 Å². The molecule has 1 atom stereocenters. The van der Waals surface area contributed by atoms with E-state index in [4.69, 9.17) is 17.3 Å². The smallest absolute Gasteiger partial charge is 0.123 e. The molecule has 2 rings (SSSR count). The van der Waals surface area contributed by atoms with Crippen LogP contribution in [-0.4, -0.2) is 15.4 Å². The Hall–Kier alpha value is -1.46. The Morgan fingerprint density at radius 1 is 1.50 bits per heavy atom. The summed E-state index contributed by atoms with van der Waals surface area (Å²) in [6, 6.07) is 3.86. The summed E-state index contributed by atoms with van der Waals surface area (Å²) in [5.41, 5.74) is 7.18. The predicted molar refractivity (Wildman–Crippen MR) is 58.4 cm³/mol. The zero-order valence-corrected chi connectivity index (χ0v) is 9.08. The minimum atomic E-state index is -0.349. The number of H-pyrrole nitrogens is 1. The summed E-state index contributed by atoms with van der Waals surface area (Å²) in [6.07, 6.45) is 1.96. The number of nitrogens with zero attached hydrogens (tertiary/aromatic N) is 2. The van der Waals surface area contributed by atoms with Gasteiger partial charge in [0.15, 0.2) is 0 Å². The van der Waals surface area contributed by atoms with Gasteiger partial charge in [0.2, 0.25) is 0 Å². The number of halogens is 2. The van der Waals surface area contributed by atoms with Gasteiger partial charge in [-0.25, -0.2) is 4.39 Å². The van der Waals surface area contributed by atoms with E-state index in [1.54, 1.807) is 0 Å². The summed E-state index contributed by atoms with van der Waals surface area (Å²) in [4.78, 5) is 0. The Morgan fingerprint density at radius 2 is 2.31 bits per heavy atom. The Morgan fingerprint density at radius 3 is 3.00 bits per heavy atom. The monoisotopic (exact) mass is 240 g/mol. The molecular weight excluding hydrogens is 231 g/mol. The van der Waals surface area contributed by atoms with Gasteiger partial charge in [-0.3, -0.25) is 0 Å². The minimum Gasteiger partial charge on any atom is -0.322 e. The summed E-state index contributed by atoms with van der Waals surface area (Å²) >= 11 is 5.94. The highest BCUT2D eigenvalue weighted by molar-refractivity contribution is 6.31. The number of nitrogens with two attached hydrogens (primary N) is 1. The molecule has 0 saturated heterocycles. The van der Waals surface area contributed by atoms with Gasteiger partial charge in [-0.1, -0.05) is 11.6 Å². The lowest BCUT2D eigenvalue weighted by atomic mass is 10.0. The van der Waals surface area contributed by atoms with Crippen LogP contribution in [0.25, 0.3) is 0 Å². The second kappa shape index (κ2) is 4.59. The Balaban J connectivity index is 2.17. The fourth-order valence-corrected chi connectivity index (χ4v) is 1.63. The van der Waals surface area contributed by atoms with E-state index in [2.05, 4.69) is 15.4 Å². The maximum Gasteiger partial charge on any atom is 0.123 e. The molecule has 0 aliphatic carbocycles. The highest BCUT2D eigenvalue weighted by Crippen LogP contribution is 2.21. The lowest BCUT2D eigenvalue weighted by Crippen LogP contribution is -2.14. The van der Waals surface area contributed by atoms with Gasteiger partial charge in [-0.05, 0) is 30.2 Å². The minimum absolute atomic E-state index is 0.327. The Bertz CT molecular complexity index is 472. The van der Waals surface area contributed by atoms with Crippen LogP contribution < -0.4 is 5.73 Å². The molecule has 1 unspecified atom stereocenters. The van der Waals surface area contributed by atoms with Crippen LogP contribution in [0.1, 0.15) is 17.3 Å². The van der Waals surface area contributed by atoms with Crippen molar-refractivity contribution >= 4 is 11.6 Å². The summed E-state index contributed by atoms with van der Waals surface area (Å²) in [5.74, 6) is -0.327. The summed E-state index contributed by atoms with van der Waals surface area (Å²) < 4.78 is 13.0. The number of benzene rings is 1. The lowest BCUT2D eigenvalue weighted by molar-refractivity contribution is 0.620. The molecule has 4 nitrogen and oxygen atoms in total. The first-order valence-electron chi connectivity index (χ1n) is 4.72. The van der Waals surface area contributed by atoms with Crippen molar-refractivity contribution in [3.05, 3.63) is 46.5 Å². The Kier molecular flexibility index (Phi) is 3.17. The van der Waals surface area contributed by atoms with Gasteiger partial charge in [0.05, 0.1) is 17.9 Å². The number of nitrogens with one attached hydrogen (secondary N) is 1. The van der Waals surface area contributed by atoms with Gasteiger partial charge < -0.3 is 5.73 Å². The van der Waals surface area contributed by atoms with E-state index in [1.165, 1.54) is 24.4 Å². The predicted octanol–water partition coefficient (Wildman–Crippen LogP) is 1.84. The molecule has 0 aliphatic rings. The Labute approximate surface area is 96.6 Å². The summed E-state index contributed by atoms with van der Waals surface area (Å²) in [6.45, 7) is 0. The first-order valence-corrected chi connectivity index (χ1v) is 5.10. The number of rotatable bonds is 3. The molecule has 84 valence electrons. The highest BCUT2D eigenvalue weighted by Gasteiger charge is 2.12. The zero-order chi connectivity index (χ0) is 11.5. The standard InChI is InChI=1S/C10H10ClFN4/c11-8-2-1-7(12)3-6(8)4-9(13)10-5-14-16-15-10/h1-3,5,9H,4,13H2,(H,14,15,16). The quantitative estimate of drug-likeness (QED) is 0.860. The molecule has 0 spiro atoms. The van der Waals surface area contributed by atoms with Crippen LogP contribution in [0.5, 0.6) is 0 Å². The second-order valence-corrected chi connectivity index (χ2v) is 3.85. The van der Waals surface area contributed by atoms with Crippen LogP contribution in [0.3, 0.4) is 0 Å². The van der Waals surface area contributed by atoms with Crippen molar-refractivity contribution in [2.75, 3.05) is 0 Å². The van der Waals surface area contributed by atoms with E-state index in [9.17, 15) is 4.39 Å². The van der Waals surface area contributed by atoms with Crippen molar-refractivity contribution in [1.29, 1.82) is 0 Å². The van der Waals surface area contributed by atoms with E-state index in [-0.39, 0.29) is 11.9 Å². The van der Waals surface area contributed by atoms with Crippen LogP contribution >= 0.6 is 11.6 Å². The first-order chi connectivity index (χ1) is 7.66. The molecule has 0 aliphatic heterocycles. The van der Waals surface area contributed by atoms with Gasteiger partial charge in [0.1, 0.15) is 5.82 Å². The molecule has 0 amide bonds. The van der Waals surface area contributed by atoms with Crippen molar-refractivity contribution in [2.45, 2.75) is 12.5 Å². The molecule has 0 bridgehead atoms. The molecule has 1 heterocycles. The van der Waals surface area contributed by atoms with E-state index in [0.717, 1.165) is 0 Å². The van der Waals surface area contributed by atoms with E-state index < -0.39 is 0 Å². The van der Waals surface area contributed by atoms with Crippen LogP contribution in [0, 0.1) is 5.82 Å². The lowest BCUT2D eigenvalue weighted by Gasteiger charge is -2.09. The number of aromatic nitrogens is 3. The van der Waals surface area contributed by atoms with Crippen LogP contribution in [0.15, 0.2) is 24.4 Å². The fourth-order valence-electron chi connectivity index (χ4n) is 1.43. The maximum atomic E-state index is 13.0. The van der Waals surface area contributed by atoms with Gasteiger partial charge in [-0.15, -0.1) is 0 Å². The largest absolute Gasteiger partial charge is 0.322 e. The van der Waals surface area contributed by atoms with Gasteiger partial charge >= 0.3 is 0 Å². The molecule has 2 aromatic rings. The molecular formula is C10H10ClFN4. The molecule has 0 radical (unpaired) electrons. The van der Waals surface area contributed by atoms with E-state index in [0.29, 0.717) is 22.7 Å². The molecule has 1 aromatic heterocycles. The zero-order valence-electron chi connectivity index (χ0n) is 8.32. The average Bonchev–Trinajstić information content (AvgIpc) is 2.76. The van der Waals surface area contributed by atoms with Gasteiger partial charge in [-0.2, -0.15) is 15.4 Å². The second-order valence-electron chi connectivity index (χ2n) is 3.44. The fraction of sp³-hybridized carbons (Fsp3) is 0.200. The van der Waals surface area contributed by atoms with Crippen molar-refractivity contribution in [1.82, 2.24) is 15.4 Å². The summed E-state index contributed by atoms with van der Waals surface area (Å²) in [5, 5.41) is 10.5. The van der Waals surface area contributed by atoms with Gasteiger partial charge in [0, 0.05) is 5.02 Å². The molecule has 6 heteroatoms. The number of hydrogen-bond acceptors (Lipinski definition) is 3. The number of hydrogen-bond donors (Lipinski definition) is 2. The van der Waals surface area contributed by atoms with Crippen molar-refractivity contribution in [3.63, 3.8) is 0 Å². The third-order valence-corrected chi connectivity index (χ3v) is 2.63.